The van der Waals surface area contributed by atoms with Crippen LogP contribution in [-0.4, -0.2) is 30.3 Å². The summed E-state index contributed by atoms with van der Waals surface area (Å²) in [6.45, 7) is 3.00. The SMILES string of the molecule is CC1=C(c2ccccc2)SC2NC(=NCCN)NC(=O)C12. The zero-order valence-electron chi connectivity index (χ0n) is 11.8. The summed E-state index contributed by atoms with van der Waals surface area (Å²) in [6.07, 6.45) is 0. The lowest BCUT2D eigenvalue weighted by Crippen LogP contribution is -2.56. The minimum Gasteiger partial charge on any atom is -0.343 e. The molecule has 0 aromatic heterocycles. The molecule has 5 nitrogen and oxygen atoms in total. The summed E-state index contributed by atoms with van der Waals surface area (Å²) in [4.78, 5) is 17.8. The third-order valence-corrected chi connectivity index (χ3v) is 5.05. The standard InChI is InChI=1S/C15H18N4OS/c1-9-11-13(20)18-15(17-8-7-16)19-14(11)21-12(9)10-5-3-2-4-6-10/h2-6,11,14H,7-8,16H2,1H3,(H2,17,18,19,20). The molecule has 110 valence electrons. The number of carbonyl (C=O) groups excluding carboxylic acids is 1. The number of nitrogens with one attached hydrogen (secondary N) is 2. The minimum atomic E-state index is -0.151. The maximum absolute atomic E-state index is 12.3. The van der Waals surface area contributed by atoms with Crippen LogP contribution < -0.4 is 16.4 Å². The molecule has 0 bridgehead atoms. The highest BCUT2D eigenvalue weighted by molar-refractivity contribution is 8.09. The van der Waals surface area contributed by atoms with Crippen LogP contribution in [0.15, 0.2) is 40.9 Å². The number of fused-ring (bicyclic) bond motifs is 1. The molecule has 21 heavy (non-hydrogen) atoms. The number of hydrogen-bond acceptors (Lipinski definition) is 4. The second-order valence-electron chi connectivity index (χ2n) is 5.05. The number of nitrogens with two attached hydrogens (primary N) is 1. The lowest BCUT2D eigenvalue weighted by molar-refractivity contribution is -0.123. The molecular weight excluding hydrogens is 284 g/mol. The lowest BCUT2D eigenvalue weighted by Gasteiger charge is -2.28. The van der Waals surface area contributed by atoms with Gasteiger partial charge >= 0.3 is 0 Å². The molecule has 0 aliphatic carbocycles. The van der Waals surface area contributed by atoms with Gasteiger partial charge in [0, 0.05) is 11.4 Å². The Labute approximate surface area is 128 Å². The zero-order chi connectivity index (χ0) is 14.8. The average molecular weight is 302 g/mol. The van der Waals surface area contributed by atoms with E-state index in [1.807, 2.05) is 25.1 Å². The first-order valence-electron chi connectivity index (χ1n) is 6.95. The first-order chi connectivity index (χ1) is 10.2. The van der Waals surface area contributed by atoms with Gasteiger partial charge in [0.1, 0.15) is 0 Å². The van der Waals surface area contributed by atoms with E-state index in [2.05, 4.69) is 27.8 Å². The Kier molecular flexibility index (Phi) is 3.98. The summed E-state index contributed by atoms with van der Waals surface area (Å²) in [5.41, 5.74) is 7.71. The van der Waals surface area contributed by atoms with E-state index in [9.17, 15) is 4.79 Å². The molecule has 0 radical (unpaired) electrons. The summed E-state index contributed by atoms with van der Waals surface area (Å²) in [7, 11) is 0. The van der Waals surface area contributed by atoms with Gasteiger partial charge in [-0.25, -0.2) is 0 Å². The summed E-state index contributed by atoms with van der Waals surface area (Å²) in [6, 6.07) is 10.2. The van der Waals surface area contributed by atoms with Crippen LogP contribution in [0.4, 0.5) is 0 Å². The van der Waals surface area contributed by atoms with Crippen molar-refractivity contribution in [1.82, 2.24) is 10.6 Å². The number of guanidine groups is 1. The normalized spacial score (nSPS) is 26.6. The van der Waals surface area contributed by atoms with Gasteiger partial charge in [0.25, 0.3) is 0 Å². The van der Waals surface area contributed by atoms with Gasteiger partial charge in [-0.1, -0.05) is 42.1 Å². The number of benzene rings is 1. The van der Waals surface area contributed by atoms with Crippen molar-refractivity contribution >= 4 is 28.5 Å². The largest absolute Gasteiger partial charge is 0.343 e. The molecule has 1 saturated heterocycles. The number of nitrogens with zero attached hydrogens (tertiary/aromatic N) is 1. The Balaban J connectivity index is 1.86. The van der Waals surface area contributed by atoms with E-state index in [-0.39, 0.29) is 17.2 Å². The van der Waals surface area contributed by atoms with Crippen LogP contribution in [0.1, 0.15) is 12.5 Å². The van der Waals surface area contributed by atoms with Crippen molar-refractivity contribution < 1.29 is 4.79 Å². The molecule has 6 heteroatoms. The van der Waals surface area contributed by atoms with Gasteiger partial charge in [0.2, 0.25) is 5.91 Å². The van der Waals surface area contributed by atoms with Gasteiger partial charge in [-0.15, -0.1) is 0 Å². The lowest BCUT2D eigenvalue weighted by atomic mass is 9.96. The maximum Gasteiger partial charge on any atom is 0.236 e. The van der Waals surface area contributed by atoms with Crippen molar-refractivity contribution in [1.29, 1.82) is 0 Å². The molecule has 2 atom stereocenters. The van der Waals surface area contributed by atoms with Gasteiger partial charge in [0.15, 0.2) is 5.96 Å². The van der Waals surface area contributed by atoms with Crippen molar-refractivity contribution in [3.63, 3.8) is 0 Å². The first kappa shape index (κ1) is 14.2. The minimum absolute atomic E-state index is 0.00505. The van der Waals surface area contributed by atoms with E-state index in [1.165, 1.54) is 4.91 Å². The quantitative estimate of drug-likeness (QED) is 0.782. The van der Waals surface area contributed by atoms with Crippen molar-refractivity contribution in [3.05, 3.63) is 41.5 Å². The molecule has 4 N–H and O–H groups in total. The highest BCUT2D eigenvalue weighted by Gasteiger charge is 2.42. The average Bonchev–Trinajstić information content (AvgIpc) is 2.83. The van der Waals surface area contributed by atoms with E-state index >= 15 is 0 Å². The van der Waals surface area contributed by atoms with Gasteiger partial charge < -0.3 is 11.1 Å². The maximum atomic E-state index is 12.3. The number of amides is 1. The molecule has 1 fully saturated rings. The Hall–Kier alpha value is -1.79. The predicted octanol–water partition coefficient (Wildman–Crippen LogP) is 1.14. The molecule has 2 heterocycles. The predicted molar refractivity (Wildman–Crippen MR) is 86.5 cm³/mol. The molecule has 2 aliphatic heterocycles. The van der Waals surface area contributed by atoms with E-state index in [1.54, 1.807) is 11.8 Å². The summed E-state index contributed by atoms with van der Waals surface area (Å²) in [5.74, 6) is 0.383. The molecule has 2 unspecified atom stereocenters. The number of aliphatic imine (C=N–C) groups is 1. The van der Waals surface area contributed by atoms with Gasteiger partial charge in [0.05, 0.1) is 17.8 Å². The van der Waals surface area contributed by atoms with Crippen LogP contribution in [0.25, 0.3) is 4.91 Å². The summed E-state index contributed by atoms with van der Waals surface area (Å²) >= 11 is 1.69. The Bertz CT molecular complexity index is 611. The highest BCUT2D eigenvalue weighted by atomic mass is 32.2. The molecule has 0 spiro atoms. The monoisotopic (exact) mass is 302 g/mol. The van der Waals surface area contributed by atoms with Gasteiger partial charge in [-0.3, -0.25) is 15.1 Å². The second-order valence-corrected chi connectivity index (χ2v) is 6.20. The summed E-state index contributed by atoms with van der Waals surface area (Å²) in [5, 5.41) is 6.12. The number of carbonyl (C=O) groups is 1. The fourth-order valence-corrected chi connectivity index (χ4v) is 4.09. The highest BCUT2D eigenvalue weighted by Crippen LogP contribution is 2.46. The second kappa shape index (κ2) is 5.91. The molecule has 1 aromatic carbocycles. The molecule has 0 saturated carbocycles. The van der Waals surface area contributed by atoms with E-state index in [0.717, 1.165) is 11.1 Å². The Morgan fingerprint density at radius 2 is 2.10 bits per heavy atom. The third-order valence-electron chi connectivity index (χ3n) is 3.61. The van der Waals surface area contributed by atoms with Crippen LogP contribution in [-0.2, 0) is 4.79 Å². The fraction of sp³-hybridized carbons (Fsp3) is 0.333. The third kappa shape index (κ3) is 2.69. The number of rotatable bonds is 3. The van der Waals surface area contributed by atoms with E-state index in [0.29, 0.717) is 19.0 Å². The Morgan fingerprint density at radius 1 is 1.33 bits per heavy atom. The van der Waals surface area contributed by atoms with Crippen molar-refractivity contribution in [2.45, 2.75) is 12.3 Å². The topological polar surface area (TPSA) is 79.5 Å². The van der Waals surface area contributed by atoms with Crippen molar-refractivity contribution in [2.24, 2.45) is 16.6 Å². The molecule has 2 aliphatic rings. The van der Waals surface area contributed by atoms with Crippen LogP contribution in [0, 0.1) is 5.92 Å². The first-order valence-corrected chi connectivity index (χ1v) is 7.83. The Morgan fingerprint density at radius 3 is 2.81 bits per heavy atom. The zero-order valence-corrected chi connectivity index (χ0v) is 12.6. The van der Waals surface area contributed by atoms with Crippen LogP contribution in [0.2, 0.25) is 0 Å². The van der Waals surface area contributed by atoms with Crippen LogP contribution in [0.5, 0.6) is 0 Å². The molecular formula is C15H18N4OS. The van der Waals surface area contributed by atoms with E-state index in [4.69, 9.17) is 5.73 Å². The molecule has 3 rings (SSSR count). The van der Waals surface area contributed by atoms with Crippen LogP contribution >= 0.6 is 11.8 Å². The molecule has 1 aromatic rings. The van der Waals surface area contributed by atoms with Crippen molar-refractivity contribution in [3.8, 4) is 0 Å². The van der Waals surface area contributed by atoms with Gasteiger partial charge in [-0.2, -0.15) is 0 Å². The number of hydrogen-bond donors (Lipinski definition) is 3. The van der Waals surface area contributed by atoms with E-state index < -0.39 is 0 Å². The van der Waals surface area contributed by atoms with Crippen LogP contribution in [0.3, 0.4) is 0 Å². The van der Waals surface area contributed by atoms with Crippen molar-refractivity contribution in [2.75, 3.05) is 13.1 Å². The smallest absolute Gasteiger partial charge is 0.236 e. The molecule has 1 amide bonds. The fourth-order valence-electron chi connectivity index (χ4n) is 2.62. The van der Waals surface area contributed by atoms with Gasteiger partial charge in [-0.05, 0) is 18.1 Å². The summed E-state index contributed by atoms with van der Waals surface area (Å²) < 4.78 is 0. The number of thioether (sulfide) groups is 1.